The number of nitrogens with one attached hydrogen (secondary N) is 1. The maximum Gasteiger partial charge on any atom is 0.0638 e. The van der Waals surface area contributed by atoms with Crippen molar-refractivity contribution in [2.24, 2.45) is 0 Å². The van der Waals surface area contributed by atoms with Gasteiger partial charge < -0.3 is 5.32 Å². The lowest BCUT2D eigenvalue weighted by Gasteiger charge is -2.07. The quantitative estimate of drug-likeness (QED) is 0.688. The molecule has 1 aromatic heterocycles. The van der Waals surface area contributed by atoms with Gasteiger partial charge in [-0.15, -0.1) is 11.3 Å². The van der Waals surface area contributed by atoms with Gasteiger partial charge in [-0.3, -0.25) is 0 Å². The second-order valence-corrected chi connectivity index (χ2v) is 7.11. The van der Waals surface area contributed by atoms with Crippen molar-refractivity contribution in [2.75, 3.05) is 5.32 Å². The molecule has 0 radical (unpaired) electrons. The van der Waals surface area contributed by atoms with Crippen LogP contribution in [-0.4, -0.2) is 0 Å². The molecule has 1 nitrogen and oxygen atoms in total. The van der Waals surface area contributed by atoms with Crippen LogP contribution in [0.3, 0.4) is 0 Å². The summed E-state index contributed by atoms with van der Waals surface area (Å²) in [5.74, 6) is 0. The molecule has 0 fully saturated rings. The van der Waals surface area contributed by atoms with Crippen LogP contribution in [0.5, 0.6) is 0 Å². The first-order chi connectivity index (χ1) is 8.06. The van der Waals surface area contributed by atoms with E-state index in [-0.39, 0.29) is 0 Å². The van der Waals surface area contributed by atoms with E-state index >= 15 is 0 Å². The predicted octanol–water partition coefficient (Wildman–Crippen LogP) is 5.85. The van der Waals surface area contributed by atoms with Gasteiger partial charge in [0.15, 0.2) is 0 Å². The normalized spacial score (nSPS) is 10.6. The molecule has 0 atom stereocenters. The number of benzene rings is 1. The van der Waals surface area contributed by atoms with Gasteiger partial charge in [0.05, 0.1) is 10.7 Å². The number of halogens is 3. The second kappa shape index (κ2) is 5.74. The Balaban J connectivity index is 2.09. The lowest BCUT2D eigenvalue weighted by molar-refractivity contribution is 1.19. The van der Waals surface area contributed by atoms with Crippen molar-refractivity contribution in [1.82, 2.24) is 0 Å². The molecule has 0 aliphatic heterocycles. The summed E-state index contributed by atoms with van der Waals surface area (Å²) in [5.41, 5.74) is 0.947. The number of hydrogen-bond acceptors (Lipinski definition) is 2. The van der Waals surface area contributed by atoms with Crippen molar-refractivity contribution in [2.45, 2.75) is 13.5 Å². The minimum atomic E-state index is 0.737. The first-order valence-corrected chi connectivity index (χ1v) is 7.78. The number of aryl methyl sites for hydroxylation is 1. The van der Waals surface area contributed by atoms with E-state index in [1.54, 1.807) is 11.3 Å². The molecule has 1 N–H and O–H groups in total. The fourth-order valence-corrected chi connectivity index (χ4v) is 3.51. The predicted molar refractivity (Wildman–Crippen MR) is 83.2 cm³/mol. The number of anilines is 1. The molecule has 2 aromatic rings. The first kappa shape index (κ1) is 13.4. The Kier molecular flexibility index (Phi) is 4.53. The zero-order valence-electron chi connectivity index (χ0n) is 9.06. The van der Waals surface area contributed by atoms with Crippen LogP contribution in [-0.2, 0) is 6.54 Å². The van der Waals surface area contributed by atoms with Crippen molar-refractivity contribution in [1.29, 1.82) is 0 Å². The minimum absolute atomic E-state index is 0.737. The molecule has 0 unspecified atom stereocenters. The highest BCUT2D eigenvalue weighted by Gasteiger charge is 2.04. The zero-order chi connectivity index (χ0) is 12.4. The topological polar surface area (TPSA) is 12.0 Å². The van der Waals surface area contributed by atoms with Crippen LogP contribution in [0.15, 0.2) is 33.2 Å². The molecule has 0 amide bonds. The smallest absolute Gasteiger partial charge is 0.0638 e. The SMILES string of the molecule is Cc1sc(CNc2cc(Br)ccc2Cl)cc1Br. The molecule has 0 aliphatic rings. The molecular formula is C12H10Br2ClNS. The average Bonchev–Trinajstić information content (AvgIpc) is 2.60. The molecule has 17 heavy (non-hydrogen) atoms. The van der Waals surface area contributed by atoms with Gasteiger partial charge in [-0.1, -0.05) is 27.5 Å². The zero-order valence-corrected chi connectivity index (χ0v) is 13.8. The summed E-state index contributed by atoms with van der Waals surface area (Å²) in [4.78, 5) is 2.58. The third-order valence-electron chi connectivity index (χ3n) is 2.29. The van der Waals surface area contributed by atoms with Gasteiger partial charge in [-0.2, -0.15) is 0 Å². The molecule has 2 rings (SSSR count). The molecule has 1 aromatic carbocycles. The molecule has 0 saturated carbocycles. The summed E-state index contributed by atoms with van der Waals surface area (Å²) in [7, 11) is 0. The van der Waals surface area contributed by atoms with E-state index in [9.17, 15) is 0 Å². The Morgan fingerprint density at radius 2 is 2.06 bits per heavy atom. The standard InChI is InChI=1S/C12H10Br2ClNS/c1-7-10(14)5-9(17-7)6-16-12-4-8(13)2-3-11(12)15/h2-5,16H,6H2,1H3. The summed E-state index contributed by atoms with van der Waals surface area (Å²) < 4.78 is 2.19. The van der Waals surface area contributed by atoms with Crippen molar-refractivity contribution in [3.05, 3.63) is 48.0 Å². The Bertz CT molecular complexity index is 520. The van der Waals surface area contributed by atoms with E-state index in [2.05, 4.69) is 50.2 Å². The van der Waals surface area contributed by atoms with Gasteiger partial charge in [-0.25, -0.2) is 0 Å². The van der Waals surface area contributed by atoms with Gasteiger partial charge >= 0.3 is 0 Å². The Hall–Kier alpha value is -0.0300. The Morgan fingerprint density at radius 3 is 2.71 bits per heavy atom. The van der Waals surface area contributed by atoms with Crippen LogP contribution >= 0.6 is 54.8 Å². The summed E-state index contributed by atoms with van der Waals surface area (Å²) in [6.45, 7) is 2.89. The van der Waals surface area contributed by atoms with Crippen LogP contribution in [0, 0.1) is 6.92 Å². The molecule has 5 heteroatoms. The van der Waals surface area contributed by atoms with E-state index in [4.69, 9.17) is 11.6 Å². The second-order valence-electron chi connectivity index (χ2n) is 3.59. The first-order valence-electron chi connectivity index (χ1n) is 5.00. The van der Waals surface area contributed by atoms with Gasteiger partial charge in [-0.05, 0) is 47.1 Å². The summed E-state index contributed by atoms with van der Waals surface area (Å²) in [6, 6.07) is 7.93. The molecule has 1 heterocycles. The highest BCUT2D eigenvalue weighted by atomic mass is 79.9. The fourth-order valence-electron chi connectivity index (χ4n) is 1.42. The van der Waals surface area contributed by atoms with Crippen molar-refractivity contribution in [3.63, 3.8) is 0 Å². The molecule has 0 bridgehead atoms. The lowest BCUT2D eigenvalue weighted by atomic mass is 10.3. The molecule has 0 saturated heterocycles. The highest BCUT2D eigenvalue weighted by Crippen LogP contribution is 2.29. The van der Waals surface area contributed by atoms with Gasteiger partial charge in [0.25, 0.3) is 0 Å². The molecule has 0 aliphatic carbocycles. The third-order valence-corrected chi connectivity index (χ3v) is 5.25. The number of thiophene rings is 1. The monoisotopic (exact) mass is 393 g/mol. The average molecular weight is 396 g/mol. The number of hydrogen-bond donors (Lipinski definition) is 1. The summed E-state index contributed by atoms with van der Waals surface area (Å²) in [5, 5.41) is 4.07. The van der Waals surface area contributed by atoms with Crippen LogP contribution in [0.1, 0.15) is 9.75 Å². The van der Waals surface area contributed by atoms with Gasteiger partial charge in [0, 0.05) is 25.2 Å². The largest absolute Gasteiger partial charge is 0.379 e. The summed E-state index contributed by atoms with van der Waals surface area (Å²) >= 11 is 14.8. The maximum absolute atomic E-state index is 6.11. The van der Waals surface area contributed by atoms with E-state index in [0.29, 0.717) is 0 Å². The van der Waals surface area contributed by atoms with E-state index in [1.807, 2.05) is 18.2 Å². The molecule has 0 spiro atoms. The Labute approximate surface area is 126 Å². The Morgan fingerprint density at radius 1 is 1.29 bits per heavy atom. The van der Waals surface area contributed by atoms with Crippen molar-refractivity contribution < 1.29 is 0 Å². The van der Waals surface area contributed by atoms with Gasteiger partial charge in [0.2, 0.25) is 0 Å². The lowest BCUT2D eigenvalue weighted by Crippen LogP contribution is -1.97. The summed E-state index contributed by atoms with van der Waals surface area (Å²) in [6.07, 6.45) is 0. The van der Waals surface area contributed by atoms with E-state index in [0.717, 1.165) is 21.7 Å². The van der Waals surface area contributed by atoms with Crippen LogP contribution in [0.2, 0.25) is 5.02 Å². The van der Waals surface area contributed by atoms with E-state index in [1.165, 1.54) is 14.2 Å². The van der Waals surface area contributed by atoms with Crippen molar-refractivity contribution >= 4 is 60.5 Å². The third kappa shape index (κ3) is 3.47. The molecule has 90 valence electrons. The highest BCUT2D eigenvalue weighted by molar-refractivity contribution is 9.10. The minimum Gasteiger partial charge on any atom is -0.379 e. The maximum atomic E-state index is 6.11. The fraction of sp³-hybridized carbons (Fsp3) is 0.167. The van der Waals surface area contributed by atoms with E-state index < -0.39 is 0 Å². The van der Waals surface area contributed by atoms with Gasteiger partial charge in [0.1, 0.15) is 0 Å². The van der Waals surface area contributed by atoms with Crippen LogP contribution in [0.25, 0.3) is 0 Å². The van der Waals surface area contributed by atoms with Crippen molar-refractivity contribution in [3.8, 4) is 0 Å². The van der Waals surface area contributed by atoms with Crippen LogP contribution < -0.4 is 5.32 Å². The number of rotatable bonds is 3. The van der Waals surface area contributed by atoms with Crippen LogP contribution in [0.4, 0.5) is 5.69 Å². The molecular weight excluding hydrogens is 385 g/mol.